The Kier molecular flexibility index (Phi) is 5.88. The zero-order chi connectivity index (χ0) is 22.8. The van der Waals surface area contributed by atoms with Gasteiger partial charge in [0.15, 0.2) is 5.78 Å². The van der Waals surface area contributed by atoms with E-state index in [9.17, 15) is 24.3 Å². The summed E-state index contributed by atoms with van der Waals surface area (Å²) in [6, 6.07) is 20.4. The van der Waals surface area contributed by atoms with E-state index in [0.717, 1.165) is 16.0 Å². The van der Waals surface area contributed by atoms with E-state index < -0.39 is 23.7 Å². The van der Waals surface area contributed by atoms with Crippen LogP contribution < -0.4 is 0 Å². The van der Waals surface area contributed by atoms with Crippen molar-refractivity contribution in [2.24, 2.45) is 5.92 Å². The lowest BCUT2D eigenvalue weighted by atomic mass is 9.96. The zero-order valence-corrected chi connectivity index (χ0v) is 17.6. The highest BCUT2D eigenvalue weighted by Gasteiger charge is 2.38. The lowest BCUT2D eigenvalue weighted by Gasteiger charge is -2.19. The first-order valence-corrected chi connectivity index (χ1v) is 10.3. The molecule has 1 heterocycles. The maximum absolute atomic E-state index is 12.7. The first-order valence-electron chi connectivity index (χ1n) is 9.92. The second-order valence-corrected chi connectivity index (χ2v) is 7.95. The molecule has 0 bridgehead atoms. The molecule has 7 heteroatoms. The number of imide groups is 1. The number of benzene rings is 3. The molecule has 1 N–H and O–H groups in total. The van der Waals surface area contributed by atoms with Gasteiger partial charge in [0, 0.05) is 23.6 Å². The number of amides is 2. The number of carboxylic acids is 1. The fourth-order valence-electron chi connectivity index (χ4n) is 3.69. The fraction of sp³-hybridized carbons (Fsp3) is 0.120. The molecule has 6 nitrogen and oxygen atoms in total. The lowest BCUT2D eigenvalue weighted by molar-refractivity contribution is -0.141. The van der Waals surface area contributed by atoms with E-state index in [4.69, 9.17) is 11.6 Å². The summed E-state index contributed by atoms with van der Waals surface area (Å²) in [6.07, 6.45) is -0.330. The van der Waals surface area contributed by atoms with Crippen molar-refractivity contribution in [2.75, 3.05) is 6.54 Å². The van der Waals surface area contributed by atoms with Crippen molar-refractivity contribution < 1.29 is 24.3 Å². The van der Waals surface area contributed by atoms with Crippen molar-refractivity contribution in [3.8, 4) is 11.1 Å². The van der Waals surface area contributed by atoms with Crippen molar-refractivity contribution in [1.29, 1.82) is 0 Å². The maximum Gasteiger partial charge on any atom is 0.308 e. The number of Topliss-reactive ketones (excluding diaryl/α,β-unsaturated/α-hetero) is 1. The number of rotatable bonds is 7. The molecule has 4 rings (SSSR count). The third-order valence-corrected chi connectivity index (χ3v) is 5.70. The van der Waals surface area contributed by atoms with Crippen molar-refractivity contribution in [3.63, 3.8) is 0 Å². The molecule has 2 amide bonds. The Morgan fingerprint density at radius 1 is 0.812 bits per heavy atom. The Hall–Kier alpha value is -3.77. The predicted octanol–water partition coefficient (Wildman–Crippen LogP) is 4.58. The average molecular weight is 448 g/mol. The van der Waals surface area contributed by atoms with Gasteiger partial charge < -0.3 is 5.11 Å². The number of ketones is 1. The fourth-order valence-corrected chi connectivity index (χ4v) is 3.81. The van der Waals surface area contributed by atoms with Crippen LogP contribution in [-0.2, 0) is 4.79 Å². The molecular formula is C25H18ClNO5. The number of carbonyl (C=O) groups is 4. The Morgan fingerprint density at radius 2 is 1.31 bits per heavy atom. The minimum Gasteiger partial charge on any atom is -0.481 e. The molecule has 1 aliphatic heterocycles. The van der Waals surface area contributed by atoms with Crippen molar-refractivity contribution >= 4 is 35.2 Å². The first kappa shape index (κ1) is 21.5. The minimum atomic E-state index is -1.24. The lowest BCUT2D eigenvalue weighted by Crippen LogP contribution is -2.38. The minimum absolute atomic E-state index is 0.241. The van der Waals surface area contributed by atoms with Gasteiger partial charge in [-0.1, -0.05) is 60.1 Å². The third kappa shape index (κ3) is 4.18. The van der Waals surface area contributed by atoms with Crippen LogP contribution in [0.4, 0.5) is 0 Å². The summed E-state index contributed by atoms with van der Waals surface area (Å²) in [4.78, 5) is 50.5. The molecule has 0 saturated carbocycles. The molecule has 0 fully saturated rings. The number of hydrogen-bond donors (Lipinski definition) is 1. The van der Waals surface area contributed by atoms with Gasteiger partial charge in [-0.15, -0.1) is 0 Å². The molecule has 32 heavy (non-hydrogen) atoms. The molecule has 0 aromatic heterocycles. The first-order chi connectivity index (χ1) is 15.3. The van der Waals surface area contributed by atoms with E-state index in [1.807, 2.05) is 12.1 Å². The van der Waals surface area contributed by atoms with Crippen LogP contribution in [0.2, 0.25) is 5.02 Å². The average Bonchev–Trinajstić information content (AvgIpc) is 3.04. The van der Waals surface area contributed by atoms with Crippen LogP contribution in [0.15, 0.2) is 72.8 Å². The highest BCUT2D eigenvalue weighted by atomic mass is 35.5. The van der Waals surface area contributed by atoms with Gasteiger partial charge in [0.1, 0.15) is 0 Å². The quantitative estimate of drug-likeness (QED) is 0.423. The highest BCUT2D eigenvalue weighted by Crippen LogP contribution is 2.26. The Bertz CT molecular complexity index is 1180. The molecule has 3 aromatic rings. The third-order valence-electron chi connectivity index (χ3n) is 5.45. The number of carboxylic acid groups (broad SMARTS) is 1. The zero-order valence-electron chi connectivity index (χ0n) is 16.8. The molecule has 0 radical (unpaired) electrons. The van der Waals surface area contributed by atoms with Gasteiger partial charge in [-0.3, -0.25) is 24.1 Å². The van der Waals surface area contributed by atoms with E-state index in [1.54, 1.807) is 48.5 Å². The van der Waals surface area contributed by atoms with Crippen molar-refractivity contribution in [3.05, 3.63) is 94.5 Å². The van der Waals surface area contributed by atoms with Gasteiger partial charge >= 0.3 is 5.97 Å². The van der Waals surface area contributed by atoms with Crippen molar-refractivity contribution in [2.45, 2.75) is 6.42 Å². The molecule has 1 atom stereocenters. The Morgan fingerprint density at radius 3 is 1.81 bits per heavy atom. The van der Waals surface area contributed by atoms with Crippen LogP contribution in [0.5, 0.6) is 0 Å². The molecule has 3 aromatic carbocycles. The molecule has 0 aliphatic carbocycles. The van der Waals surface area contributed by atoms with Gasteiger partial charge in [-0.05, 0) is 35.4 Å². The second kappa shape index (κ2) is 8.77. The SMILES string of the molecule is O=C(CC(CN1C(=O)c2ccccc2C1=O)C(=O)O)c1ccc(-c2ccc(Cl)cc2)cc1. The number of carbonyl (C=O) groups excluding carboxylic acids is 3. The molecule has 0 saturated heterocycles. The number of aliphatic carboxylic acids is 1. The second-order valence-electron chi connectivity index (χ2n) is 7.51. The van der Waals surface area contributed by atoms with Crippen LogP contribution in [0.3, 0.4) is 0 Å². The summed E-state index contributed by atoms with van der Waals surface area (Å²) in [5, 5.41) is 10.2. The molecular weight excluding hydrogens is 430 g/mol. The normalized spacial score (nSPS) is 13.7. The monoisotopic (exact) mass is 447 g/mol. The van der Waals surface area contributed by atoms with Gasteiger partial charge in [0.2, 0.25) is 0 Å². The van der Waals surface area contributed by atoms with E-state index >= 15 is 0 Å². The van der Waals surface area contributed by atoms with E-state index in [2.05, 4.69) is 0 Å². The summed E-state index contributed by atoms with van der Waals surface area (Å²) in [5.41, 5.74) is 2.66. The number of hydrogen-bond acceptors (Lipinski definition) is 4. The Balaban J connectivity index is 1.47. The van der Waals surface area contributed by atoms with Crippen LogP contribution >= 0.6 is 11.6 Å². The van der Waals surface area contributed by atoms with Gasteiger partial charge in [0.05, 0.1) is 17.0 Å². The smallest absolute Gasteiger partial charge is 0.308 e. The van der Waals surface area contributed by atoms with Crippen molar-refractivity contribution in [1.82, 2.24) is 4.90 Å². The van der Waals surface area contributed by atoms with Gasteiger partial charge in [-0.2, -0.15) is 0 Å². The van der Waals surface area contributed by atoms with Crippen LogP contribution in [0, 0.1) is 5.92 Å². The molecule has 160 valence electrons. The van der Waals surface area contributed by atoms with E-state index in [1.165, 1.54) is 12.1 Å². The van der Waals surface area contributed by atoms with Crippen LogP contribution in [0.1, 0.15) is 37.5 Å². The van der Waals surface area contributed by atoms with E-state index in [0.29, 0.717) is 10.6 Å². The summed E-state index contributed by atoms with van der Waals surface area (Å²) in [6.45, 7) is -0.365. The highest BCUT2D eigenvalue weighted by molar-refractivity contribution is 6.30. The van der Waals surface area contributed by atoms with Crippen LogP contribution in [0.25, 0.3) is 11.1 Å². The summed E-state index contributed by atoms with van der Waals surface area (Å²) < 4.78 is 0. The summed E-state index contributed by atoms with van der Waals surface area (Å²) in [5.74, 6) is -3.92. The number of nitrogens with zero attached hydrogens (tertiary/aromatic N) is 1. The topological polar surface area (TPSA) is 91.8 Å². The maximum atomic E-state index is 12.7. The number of halogens is 1. The number of fused-ring (bicyclic) bond motifs is 1. The summed E-state index contributed by atoms with van der Waals surface area (Å²) >= 11 is 5.91. The largest absolute Gasteiger partial charge is 0.481 e. The molecule has 0 spiro atoms. The van der Waals surface area contributed by atoms with Gasteiger partial charge in [-0.25, -0.2) is 0 Å². The van der Waals surface area contributed by atoms with Gasteiger partial charge in [0.25, 0.3) is 11.8 Å². The molecule has 1 aliphatic rings. The molecule has 1 unspecified atom stereocenters. The van der Waals surface area contributed by atoms with Crippen LogP contribution in [-0.4, -0.2) is 40.1 Å². The summed E-state index contributed by atoms with van der Waals surface area (Å²) in [7, 11) is 0. The van der Waals surface area contributed by atoms with E-state index in [-0.39, 0.29) is 29.9 Å². The standard InChI is InChI=1S/C25H18ClNO5/c26-19-11-9-16(10-12-19)15-5-7-17(8-6-15)22(28)13-18(25(31)32)14-27-23(29)20-3-1-2-4-21(20)24(27)30/h1-12,18H,13-14H2,(H,31,32). The predicted molar refractivity (Wildman–Crippen MR) is 119 cm³/mol. The Labute approximate surface area is 189 Å².